The van der Waals surface area contributed by atoms with E-state index in [4.69, 9.17) is 4.42 Å². The van der Waals surface area contributed by atoms with Crippen LogP contribution in [-0.4, -0.2) is 28.9 Å². The summed E-state index contributed by atoms with van der Waals surface area (Å²) in [6, 6.07) is 4.60. The third-order valence-electron chi connectivity index (χ3n) is 5.14. The molecule has 0 aliphatic carbocycles. The lowest BCUT2D eigenvalue weighted by Gasteiger charge is -2.47. The Kier molecular flexibility index (Phi) is 4.07. The standard InChI is InChI=1S/C17H26N2O2/c1-3-13-6-7-14(21-13)12-19-11-5-9-17(15(19)4-2)10-8-16(20)18-17/h6-7,15H,3-5,8-12H2,1-2H3,(H,18,20)/t15-,17+/m0/s1. The Morgan fingerprint density at radius 1 is 1.33 bits per heavy atom. The van der Waals surface area contributed by atoms with Crippen molar-refractivity contribution < 1.29 is 9.21 Å². The number of amides is 1. The summed E-state index contributed by atoms with van der Waals surface area (Å²) in [5, 5.41) is 3.29. The van der Waals surface area contributed by atoms with Gasteiger partial charge in [0.2, 0.25) is 5.91 Å². The highest BCUT2D eigenvalue weighted by Gasteiger charge is 2.47. The van der Waals surface area contributed by atoms with Crippen LogP contribution in [-0.2, 0) is 17.8 Å². The second-order valence-electron chi connectivity index (χ2n) is 6.42. The topological polar surface area (TPSA) is 45.5 Å². The lowest BCUT2D eigenvalue weighted by molar-refractivity contribution is -0.120. The number of nitrogens with one attached hydrogen (secondary N) is 1. The number of carbonyl (C=O) groups is 1. The quantitative estimate of drug-likeness (QED) is 0.927. The Hall–Kier alpha value is -1.29. The molecule has 2 saturated heterocycles. The second-order valence-corrected chi connectivity index (χ2v) is 6.42. The molecular weight excluding hydrogens is 264 g/mol. The molecule has 1 aromatic rings. The van der Waals surface area contributed by atoms with E-state index in [1.54, 1.807) is 0 Å². The van der Waals surface area contributed by atoms with E-state index in [0.717, 1.165) is 56.7 Å². The number of hydrogen-bond donors (Lipinski definition) is 1. The number of rotatable bonds is 4. The Morgan fingerprint density at radius 2 is 2.14 bits per heavy atom. The highest BCUT2D eigenvalue weighted by Crippen LogP contribution is 2.37. The number of carbonyl (C=O) groups excluding carboxylic acids is 1. The van der Waals surface area contributed by atoms with Crippen molar-refractivity contribution in [3.05, 3.63) is 23.7 Å². The van der Waals surface area contributed by atoms with Gasteiger partial charge in [-0.2, -0.15) is 0 Å². The average molecular weight is 290 g/mol. The van der Waals surface area contributed by atoms with Crippen LogP contribution in [0, 0.1) is 0 Å². The van der Waals surface area contributed by atoms with Crippen molar-refractivity contribution in [3.63, 3.8) is 0 Å². The smallest absolute Gasteiger partial charge is 0.220 e. The predicted octanol–water partition coefficient (Wildman–Crippen LogP) is 2.87. The molecule has 1 spiro atoms. The zero-order valence-corrected chi connectivity index (χ0v) is 13.2. The summed E-state index contributed by atoms with van der Waals surface area (Å²) >= 11 is 0. The van der Waals surface area contributed by atoms with E-state index in [9.17, 15) is 4.79 Å². The lowest BCUT2D eigenvalue weighted by Crippen LogP contribution is -2.61. The maximum Gasteiger partial charge on any atom is 0.220 e. The van der Waals surface area contributed by atoms with E-state index in [-0.39, 0.29) is 11.4 Å². The van der Waals surface area contributed by atoms with Gasteiger partial charge in [-0.3, -0.25) is 9.69 Å². The molecule has 0 unspecified atom stereocenters. The molecule has 116 valence electrons. The average Bonchev–Trinajstić information content (AvgIpc) is 3.07. The van der Waals surface area contributed by atoms with Gasteiger partial charge in [0.05, 0.1) is 12.1 Å². The summed E-state index contributed by atoms with van der Waals surface area (Å²) in [4.78, 5) is 14.2. The number of furan rings is 1. The van der Waals surface area contributed by atoms with Crippen molar-refractivity contribution in [1.82, 2.24) is 10.2 Å². The fourth-order valence-electron chi connectivity index (χ4n) is 4.18. The number of hydrogen-bond acceptors (Lipinski definition) is 3. The second kappa shape index (κ2) is 5.84. The van der Waals surface area contributed by atoms with Gasteiger partial charge in [0.15, 0.2) is 0 Å². The molecule has 2 aliphatic rings. The summed E-state index contributed by atoms with van der Waals surface area (Å²) in [6.45, 7) is 6.30. The third kappa shape index (κ3) is 2.73. The van der Waals surface area contributed by atoms with Gasteiger partial charge < -0.3 is 9.73 Å². The van der Waals surface area contributed by atoms with E-state index in [1.807, 2.05) is 0 Å². The highest BCUT2D eigenvalue weighted by atomic mass is 16.3. The minimum Gasteiger partial charge on any atom is -0.465 e. The molecule has 2 atom stereocenters. The summed E-state index contributed by atoms with van der Waals surface area (Å²) < 4.78 is 5.87. The third-order valence-corrected chi connectivity index (χ3v) is 5.14. The molecule has 2 fully saturated rings. The van der Waals surface area contributed by atoms with Crippen molar-refractivity contribution in [1.29, 1.82) is 0 Å². The molecule has 3 heterocycles. The Morgan fingerprint density at radius 3 is 2.76 bits per heavy atom. The Labute approximate surface area is 126 Å². The molecular formula is C17H26N2O2. The number of nitrogens with zero attached hydrogens (tertiary/aromatic N) is 1. The van der Waals surface area contributed by atoms with Gasteiger partial charge >= 0.3 is 0 Å². The maximum atomic E-state index is 11.7. The Balaban J connectivity index is 1.76. The molecule has 4 heteroatoms. The van der Waals surface area contributed by atoms with Crippen LogP contribution < -0.4 is 5.32 Å². The van der Waals surface area contributed by atoms with Gasteiger partial charge in [0.1, 0.15) is 11.5 Å². The number of likely N-dealkylation sites (tertiary alicyclic amines) is 1. The Bertz CT molecular complexity index is 511. The molecule has 3 rings (SSSR count). The van der Waals surface area contributed by atoms with Crippen LogP contribution in [0.4, 0.5) is 0 Å². The minimum atomic E-state index is 0.00423. The van der Waals surface area contributed by atoms with Crippen LogP contribution in [0.25, 0.3) is 0 Å². The van der Waals surface area contributed by atoms with E-state index >= 15 is 0 Å². The number of aryl methyl sites for hydroxylation is 1. The van der Waals surface area contributed by atoms with Gasteiger partial charge in [0.25, 0.3) is 0 Å². The first kappa shape index (κ1) is 14.6. The fraction of sp³-hybridized carbons (Fsp3) is 0.706. The molecule has 1 N–H and O–H groups in total. The van der Waals surface area contributed by atoms with Crippen molar-refractivity contribution >= 4 is 5.91 Å². The molecule has 0 saturated carbocycles. The fourth-order valence-corrected chi connectivity index (χ4v) is 4.18. The van der Waals surface area contributed by atoms with E-state index < -0.39 is 0 Å². The van der Waals surface area contributed by atoms with Crippen LogP contribution >= 0.6 is 0 Å². The van der Waals surface area contributed by atoms with E-state index in [2.05, 4.69) is 36.2 Å². The highest BCUT2D eigenvalue weighted by molar-refractivity contribution is 5.79. The van der Waals surface area contributed by atoms with Crippen LogP contribution in [0.15, 0.2) is 16.5 Å². The first-order chi connectivity index (χ1) is 10.2. The van der Waals surface area contributed by atoms with E-state index in [1.165, 1.54) is 0 Å². The first-order valence-corrected chi connectivity index (χ1v) is 8.29. The predicted molar refractivity (Wildman–Crippen MR) is 81.9 cm³/mol. The molecule has 0 radical (unpaired) electrons. The molecule has 2 aliphatic heterocycles. The zero-order valence-electron chi connectivity index (χ0n) is 13.2. The van der Waals surface area contributed by atoms with Gasteiger partial charge in [-0.05, 0) is 44.4 Å². The van der Waals surface area contributed by atoms with Crippen LogP contribution in [0.1, 0.15) is 57.5 Å². The molecule has 1 amide bonds. The summed E-state index contributed by atoms with van der Waals surface area (Å²) in [7, 11) is 0. The van der Waals surface area contributed by atoms with Crippen molar-refractivity contribution in [2.75, 3.05) is 6.54 Å². The first-order valence-electron chi connectivity index (χ1n) is 8.29. The summed E-state index contributed by atoms with van der Waals surface area (Å²) in [5.74, 6) is 2.33. The van der Waals surface area contributed by atoms with Crippen molar-refractivity contribution in [2.24, 2.45) is 0 Å². The summed E-state index contributed by atoms with van der Waals surface area (Å²) in [6.07, 6.45) is 5.95. The van der Waals surface area contributed by atoms with Crippen LogP contribution in [0.3, 0.4) is 0 Å². The van der Waals surface area contributed by atoms with Gasteiger partial charge in [-0.25, -0.2) is 0 Å². The lowest BCUT2D eigenvalue weighted by atomic mass is 9.78. The normalized spacial score (nSPS) is 30.0. The summed E-state index contributed by atoms with van der Waals surface area (Å²) in [5.41, 5.74) is 0.00423. The minimum absolute atomic E-state index is 0.00423. The molecule has 0 aromatic carbocycles. The van der Waals surface area contributed by atoms with Gasteiger partial charge in [-0.1, -0.05) is 13.8 Å². The molecule has 0 bridgehead atoms. The van der Waals surface area contributed by atoms with Crippen molar-refractivity contribution in [2.45, 2.75) is 70.5 Å². The molecule has 1 aromatic heterocycles. The monoisotopic (exact) mass is 290 g/mol. The molecule has 21 heavy (non-hydrogen) atoms. The zero-order chi connectivity index (χ0) is 14.9. The van der Waals surface area contributed by atoms with Crippen LogP contribution in [0.2, 0.25) is 0 Å². The SMILES string of the molecule is CCc1ccc(CN2CCC[C@@]3(CCC(=O)N3)[C@@H]2CC)o1. The largest absolute Gasteiger partial charge is 0.465 e. The number of piperidine rings is 1. The van der Waals surface area contributed by atoms with E-state index in [0.29, 0.717) is 12.5 Å². The van der Waals surface area contributed by atoms with Crippen molar-refractivity contribution in [3.8, 4) is 0 Å². The van der Waals surface area contributed by atoms with Gasteiger partial charge in [0, 0.05) is 18.9 Å². The molecule has 4 nitrogen and oxygen atoms in total. The van der Waals surface area contributed by atoms with Crippen LogP contribution in [0.5, 0.6) is 0 Å². The maximum absolute atomic E-state index is 11.7. The van der Waals surface area contributed by atoms with Gasteiger partial charge in [-0.15, -0.1) is 0 Å².